The van der Waals surface area contributed by atoms with E-state index in [4.69, 9.17) is 14.6 Å². The number of hydrogen-bond donors (Lipinski definition) is 1. The van der Waals surface area contributed by atoms with Gasteiger partial charge in [-0.05, 0) is 31.0 Å². The third-order valence-corrected chi connectivity index (χ3v) is 5.81. The third kappa shape index (κ3) is 2.13. The molecule has 5 heteroatoms. The Hall–Kier alpha value is -2.69. The Balaban J connectivity index is 1.64. The van der Waals surface area contributed by atoms with Crippen molar-refractivity contribution >= 4 is 5.71 Å². The summed E-state index contributed by atoms with van der Waals surface area (Å²) in [7, 11) is 1.69. The Bertz CT molecular complexity index is 887. The summed E-state index contributed by atoms with van der Waals surface area (Å²) >= 11 is 0. The third-order valence-electron chi connectivity index (χ3n) is 5.81. The van der Waals surface area contributed by atoms with Crippen molar-refractivity contribution in [3.05, 3.63) is 53.6 Å². The van der Waals surface area contributed by atoms with Gasteiger partial charge in [0.15, 0.2) is 17.2 Å². The normalized spacial score (nSPS) is 22.6. The lowest BCUT2D eigenvalue weighted by molar-refractivity contribution is -0.115. The molecule has 1 atom stereocenters. The molecule has 1 saturated carbocycles. The van der Waals surface area contributed by atoms with Crippen LogP contribution in [0.15, 0.2) is 47.6 Å². The largest absolute Gasteiger partial charge is 0.507 e. The van der Waals surface area contributed by atoms with Crippen LogP contribution in [0.3, 0.4) is 0 Å². The van der Waals surface area contributed by atoms with Crippen molar-refractivity contribution < 1.29 is 14.6 Å². The minimum atomic E-state index is -0.404. The van der Waals surface area contributed by atoms with Gasteiger partial charge in [0, 0.05) is 30.4 Å². The highest BCUT2D eigenvalue weighted by atomic mass is 16.5. The van der Waals surface area contributed by atoms with E-state index in [2.05, 4.69) is 11.1 Å². The molecule has 134 valence electrons. The zero-order chi connectivity index (χ0) is 17.7. The molecule has 1 aliphatic carbocycles. The van der Waals surface area contributed by atoms with Crippen molar-refractivity contribution in [2.75, 3.05) is 7.11 Å². The Labute approximate surface area is 152 Å². The number of hydrazone groups is 1. The Morgan fingerprint density at radius 2 is 1.96 bits per heavy atom. The van der Waals surface area contributed by atoms with Gasteiger partial charge in [-0.1, -0.05) is 24.3 Å². The van der Waals surface area contributed by atoms with Gasteiger partial charge in [-0.15, -0.1) is 0 Å². The number of para-hydroxylation sites is 2. The van der Waals surface area contributed by atoms with E-state index in [1.807, 2.05) is 30.3 Å². The number of benzene rings is 2. The molecule has 2 aliphatic heterocycles. The molecule has 3 aliphatic rings. The average Bonchev–Trinajstić information content (AvgIpc) is 3.30. The van der Waals surface area contributed by atoms with Crippen molar-refractivity contribution in [3.63, 3.8) is 0 Å². The van der Waals surface area contributed by atoms with Gasteiger partial charge in [-0.25, -0.2) is 5.01 Å². The van der Waals surface area contributed by atoms with Crippen LogP contribution in [0.4, 0.5) is 0 Å². The molecule has 0 amide bonds. The maximum Gasteiger partial charge on any atom is 0.198 e. The number of nitrogens with zero attached hydrogens (tertiary/aromatic N) is 2. The van der Waals surface area contributed by atoms with Crippen LogP contribution in [-0.4, -0.2) is 28.7 Å². The second-order valence-corrected chi connectivity index (χ2v) is 7.26. The lowest BCUT2D eigenvalue weighted by atomic mass is 9.93. The lowest BCUT2D eigenvalue weighted by Gasteiger charge is -2.46. The molecule has 0 bridgehead atoms. The molecule has 5 nitrogen and oxygen atoms in total. The number of phenolic OH excluding ortho intramolecular Hbond substituents is 1. The topological polar surface area (TPSA) is 54.3 Å². The summed E-state index contributed by atoms with van der Waals surface area (Å²) in [4.78, 5) is 0. The molecule has 2 aromatic carbocycles. The van der Waals surface area contributed by atoms with Gasteiger partial charge >= 0.3 is 0 Å². The molecular weight excluding hydrogens is 328 g/mol. The van der Waals surface area contributed by atoms with E-state index in [0.29, 0.717) is 0 Å². The standard InChI is InChI=1S/C21H22N2O3/c1-25-19-10-6-8-15-17-13-16(14-7-2-3-9-18(14)24)22-23(17)21(26-20(15)19)11-4-5-12-21/h2-3,6-10,17,24H,4-5,11-13H2,1H3. The molecule has 2 aromatic rings. The van der Waals surface area contributed by atoms with Crippen LogP contribution >= 0.6 is 0 Å². The van der Waals surface area contributed by atoms with E-state index in [1.54, 1.807) is 13.2 Å². The zero-order valence-electron chi connectivity index (χ0n) is 14.8. The van der Waals surface area contributed by atoms with E-state index in [9.17, 15) is 5.11 Å². The number of fused-ring (bicyclic) bond motifs is 4. The molecule has 1 fully saturated rings. The van der Waals surface area contributed by atoms with Crippen LogP contribution in [0.25, 0.3) is 0 Å². The van der Waals surface area contributed by atoms with Gasteiger partial charge in [0.1, 0.15) is 5.75 Å². The van der Waals surface area contributed by atoms with Crippen molar-refractivity contribution in [3.8, 4) is 17.2 Å². The minimum absolute atomic E-state index is 0.113. The van der Waals surface area contributed by atoms with Crippen molar-refractivity contribution in [2.45, 2.75) is 43.9 Å². The first-order valence-electron chi connectivity index (χ1n) is 9.23. The van der Waals surface area contributed by atoms with Crippen LogP contribution < -0.4 is 9.47 Å². The van der Waals surface area contributed by atoms with E-state index >= 15 is 0 Å². The number of phenols is 1. The van der Waals surface area contributed by atoms with E-state index in [0.717, 1.165) is 60.4 Å². The molecule has 1 spiro atoms. The highest BCUT2D eigenvalue weighted by molar-refractivity contribution is 6.04. The van der Waals surface area contributed by atoms with E-state index < -0.39 is 5.72 Å². The summed E-state index contributed by atoms with van der Waals surface area (Å²) in [5.41, 5.74) is 2.42. The van der Waals surface area contributed by atoms with Crippen LogP contribution in [0.2, 0.25) is 0 Å². The van der Waals surface area contributed by atoms with Gasteiger partial charge in [0.25, 0.3) is 0 Å². The fourth-order valence-corrected chi connectivity index (χ4v) is 4.57. The molecule has 0 aromatic heterocycles. The fourth-order valence-electron chi connectivity index (χ4n) is 4.57. The summed E-state index contributed by atoms with van der Waals surface area (Å²) < 4.78 is 12.1. The monoisotopic (exact) mass is 350 g/mol. The summed E-state index contributed by atoms with van der Waals surface area (Å²) in [6.07, 6.45) is 4.93. The molecule has 5 rings (SSSR count). The second kappa shape index (κ2) is 5.66. The average molecular weight is 350 g/mol. The van der Waals surface area contributed by atoms with Gasteiger partial charge < -0.3 is 14.6 Å². The first kappa shape index (κ1) is 15.6. The molecule has 1 N–H and O–H groups in total. The van der Waals surface area contributed by atoms with E-state index in [-0.39, 0.29) is 11.8 Å². The van der Waals surface area contributed by atoms with Crippen molar-refractivity contribution in [1.29, 1.82) is 0 Å². The number of hydrogen-bond acceptors (Lipinski definition) is 5. The molecule has 26 heavy (non-hydrogen) atoms. The Morgan fingerprint density at radius 1 is 1.15 bits per heavy atom. The number of aromatic hydroxyl groups is 1. The smallest absolute Gasteiger partial charge is 0.198 e. The number of rotatable bonds is 2. The highest BCUT2D eigenvalue weighted by Gasteiger charge is 2.52. The quantitative estimate of drug-likeness (QED) is 0.881. The Morgan fingerprint density at radius 3 is 2.73 bits per heavy atom. The molecule has 2 heterocycles. The molecule has 0 saturated heterocycles. The summed E-state index contributed by atoms with van der Waals surface area (Å²) in [6, 6.07) is 13.6. The SMILES string of the molecule is COc1cccc2c1OC1(CCCC1)N1N=C(c3ccccc3O)CC21. The predicted octanol–water partition coefficient (Wildman–Crippen LogP) is 4.21. The minimum Gasteiger partial charge on any atom is -0.507 e. The number of methoxy groups -OCH3 is 1. The van der Waals surface area contributed by atoms with Gasteiger partial charge in [0.2, 0.25) is 0 Å². The molecule has 1 unspecified atom stereocenters. The van der Waals surface area contributed by atoms with Crippen LogP contribution in [0.5, 0.6) is 17.2 Å². The first-order valence-corrected chi connectivity index (χ1v) is 9.23. The summed E-state index contributed by atoms with van der Waals surface area (Å²) in [6.45, 7) is 0. The Kier molecular flexibility index (Phi) is 3.39. The van der Waals surface area contributed by atoms with Crippen LogP contribution in [0, 0.1) is 0 Å². The second-order valence-electron chi connectivity index (χ2n) is 7.26. The first-order chi connectivity index (χ1) is 12.7. The molecule has 0 radical (unpaired) electrons. The maximum atomic E-state index is 10.3. The van der Waals surface area contributed by atoms with Crippen LogP contribution in [-0.2, 0) is 0 Å². The van der Waals surface area contributed by atoms with Crippen molar-refractivity contribution in [1.82, 2.24) is 5.01 Å². The van der Waals surface area contributed by atoms with Crippen molar-refractivity contribution in [2.24, 2.45) is 5.10 Å². The lowest BCUT2D eigenvalue weighted by Crippen LogP contribution is -2.51. The van der Waals surface area contributed by atoms with E-state index in [1.165, 1.54) is 0 Å². The maximum absolute atomic E-state index is 10.3. The van der Waals surface area contributed by atoms with Gasteiger partial charge in [0.05, 0.1) is 18.9 Å². The summed E-state index contributed by atoms with van der Waals surface area (Å²) in [5.74, 6) is 1.91. The van der Waals surface area contributed by atoms with Gasteiger partial charge in [-0.2, -0.15) is 5.10 Å². The fraction of sp³-hybridized carbons (Fsp3) is 0.381. The zero-order valence-corrected chi connectivity index (χ0v) is 14.8. The number of ether oxygens (including phenoxy) is 2. The van der Waals surface area contributed by atoms with Gasteiger partial charge in [-0.3, -0.25) is 0 Å². The molecular formula is C21H22N2O3. The van der Waals surface area contributed by atoms with Crippen LogP contribution in [0.1, 0.15) is 49.3 Å². The summed E-state index contributed by atoms with van der Waals surface area (Å²) in [5, 5.41) is 17.4. The highest BCUT2D eigenvalue weighted by Crippen LogP contribution is 2.54. The predicted molar refractivity (Wildman–Crippen MR) is 98.7 cm³/mol.